The number of rotatable bonds is 3. The van der Waals surface area contributed by atoms with Crippen LogP contribution in [0, 0.1) is 6.92 Å². The molecule has 3 rings (SSSR count). The number of carbonyl (C=O) groups is 1. The maximum absolute atomic E-state index is 12.5. The van der Waals surface area contributed by atoms with Gasteiger partial charge < -0.3 is 15.4 Å². The molecular weight excluding hydrogens is 276 g/mol. The van der Waals surface area contributed by atoms with Gasteiger partial charge in [-0.1, -0.05) is 29.8 Å². The molecule has 0 saturated heterocycles. The van der Waals surface area contributed by atoms with Crippen LogP contribution in [-0.2, 0) is 11.2 Å². The molecule has 22 heavy (non-hydrogen) atoms. The zero-order valence-corrected chi connectivity index (χ0v) is 12.7. The molecule has 1 aliphatic heterocycles. The molecule has 0 aromatic heterocycles. The first-order valence-corrected chi connectivity index (χ1v) is 7.52. The fourth-order valence-electron chi connectivity index (χ4n) is 2.81. The van der Waals surface area contributed by atoms with Crippen molar-refractivity contribution in [3.8, 4) is 5.75 Å². The highest BCUT2D eigenvalue weighted by Gasteiger charge is 2.22. The summed E-state index contributed by atoms with van der Waals surface area (Å²) in [6, 6.07) is 13.4. The molecule has 0 bridgehead atoms. The average molecular weight is 296 g/mol. The van der Waals surface area contributed by atoms with Gasteiger partial charge in [0.05, 0.1) is 5.69 Å². The lowest BCUT2D eigenvalue weighted by Crippen LogP contribution is -2.38. The van der Waals surface area contributed by atoms with Crippen molar-refractivity contribution in [1.82, 2.24) is 0 Å². The van der Waals surface area contributed by atoms with Crippen molar-refractivity contribution in [2.75, 3.05) is 23.8 Å². The zero-order valence-electron chi connectivity index (χ0n) is 12.7. The van der Waals surface area contributed by atoms with Crippen molar-refractivity contribution in [2.45, 2.75) is 19.8 Å². The summed E-state index contributed by atoms with van der Waals surface area (Å²) in [6.45, 7) is 2.81. The highest BCUT2D eigenvalue weighted by Crippen LogP contribution is 2.28. The lowest BCUT2D eigenvalue weighted by Gasteiger charge is -2.29. The molecule has 0 spiro atoms. The lowest BCUT2D eigenvalue weighted by molar-refractivity contribution is -0.120. The Labute approximate surface area is 130 Å². The molecule has 4 heteroatoms. The van der Waals surface area contributed by atoms with E-state index in [-0.39, 0.29) is 12.5 Å². The third-order valence-corrected chi connectivity index (χ3v) is 3.92. The van der Waals surface area contributed by atoms with Crippen molar-refractivity contribution in [3.05, 3.63) is 53.6 Å². The van der Waals surface area contributed by atoms with Gasteiger partial charge in [0.1, 0.15) is 5.75 Å². The fourth-order valence-corrected chi connectivity index (χ4v) is 2.81. The molecule has 2 aromatic carbocycles. The molecule has 1 aliphatic rings. The summed E-state index contributed by atoms with van der Waals surface area (Å²) in [7, 11) is 0. The molecule has 4 nitrogen and oxygen atoms in total. The summed E-state index contributed by atoms with van der Waals surface area (Å²) in [5.74, 6) is 0.519. The summed E-state index contributed by atoms with van der Waals surface area (Å²) >= 11 is 0. The molecule has 0 atom stereocenters. The zero-order chi connectivity index (χ0) is 15.5. The second-order valence-corrected chi connectivity index (χ2v) is 5.61. The number of hydrogen-bond acceptors (Lipinski definition) is 3. The number of para-hydroxylation sites is 2. The van der Waals surface area contributed by atoms with Crippen LogP contribution in [0.2, 0.25) is 0 Å². The van der Waals surface area contributed by atoms with Crippen molar-refractivity contribution in [1.29, 1.82) is 0 Å². The Morgan fingerprint density at radius 2 is 2.09 bits per heavy atom. The molecule has 2 aromatic rings. The Bertz CT molecular complexity index is 697. The number of hydrogen-bond donors (Lipinski definition) is 1. The Balaban J connectivity index is 1.73. The van der Waals surface area contributed by atoms with E-state index < -0.39 is 0 Å². The SMILES string of the molecule is Cc1ccc2c(c1)CCCN2C(=O)COc1ccccc1N. The number of fused-ring (bicyclic) bond motifs is 1. The number of nitrogens with two attached hydrogens (primary N) is 1. The van der Waals surface area contributed by atoms with Gasteiger partial charge in [-0.3, -0.25) is 4.79 Å². The predicted molar refractivity (Wildman–Crippen MR) is 88.2 cm³/mol. The van der Waals surface area contributed by atoms with E-state index in [4.69, 9.17) is 10.5 Å². The summed E-state index contributed by atoms with van der Waals surface area (Å²) in [6.07, 6.45) is 2.00. The van der Waals surface area contributed by atoms with E-state index in [0.717, 1.165) is 25.1 Å². The van der Waals surface area contributed by atoms with Crippen molar-refractivity contribution in [2.24, 2.45) is 0 Å². The Morgan fingerprint density at radius 1 is 1.27 bits per heavy atom. The number of amides is 1. The van der Waals surface area contributed by atoms with Crippen LogP contribution in [0.25, 0.3) is 0 Å². The maximum Gasteiger partial charge on any atom is 0.264 e. The van der Waals surface area contributed by atoms with Crippen LogP contribution in [0.4, 0.5) is 11.4 Å². The highest BCUT2D eigenvalue weighted by molar-refractivity contribution is 5.95. The predicted octanol–water partition coefficient (Wildman–Crippen LogP) is 2.94. The number of nitrogens with zero attached hydrogens (tertiary/aromatic N) is 1. The molecule has 1 amide bonds. The Morgan fingerprint density at radius 3 is 2.91 bits per heavy atom. The third-order valence-electron chi connectivity index (χ3n) is 3.92. The monoisotopic (exact) mass is 296 g/mol. The number of ether oxygens (including phenoxy) is 1. The van der Waals surface area contributed by atoms with Gasteiger partial charge in [-0.25, -0.2) is 0 Å². The summed E-state index contributed by atoms with van der Waals surface area (Å²) in [5.41, 5.74) is 9.84. The number of aryl methyl sites for hydroxylation is 2. The number of benzene rings is 2. The third kappa shape index (κ3) is 2.91. The largest absolute Gasteiger partial charge is 0.482 e. The average Bonchev–Trinajstić information content (AvgIpc) is 2.53. The molecule has 0 radical (unpaired) electrons. The van der Waals surface area contributed by atoms with Crippen LogP contribution < -0.4 is 15.4 Å². The number of anilines is 2. The Hall–Kier alpha value is -2.49. The molecule has 1 heterocycles. The first-order chi connectivity index (χ1) is 10.6. The molecule has 0 saturated carbocycles. The second kappa shape index (κ2) is 6.10. The molecule has 114 valence electrons. The first-order valence-electron chi connectivity index (χ1n) is 7.52. The standard InChI is InChI=1S/C18H20N2O2/c1-13-8-9-16-14(11-13)5-4-10-20(16)18(21)12-22-17-7-3-2-6-15(17)19/h2-3,6-9,11H,4-5,10,12,19H2,1H3. The van der Waals surface area contributed by atoms with Gasteiger partial charge in [-0.2, -0.15) is 0 Å². The van der Waals surface area contributed by atoms with Crippen molar-refractivity contribution < 1.29 is 9.53 Å². The van der Waals surface area contributed by atoms with Crippen LogP contribution in [0.3, 0.4) is 0 Å². The first kappa shape index (κ1) is 14.4. The maximum atomic E-state index is 12.5. The van der Waals surface area contributed by atoms with E-state index in [9.17, 15) is 4.79 Å². The fraction of sp³-hybridized carbons (Fsp3) is 0.278. The van der Waals surface area contributed by atoms with Crippen molar-refractivity contribution in [3.63, 3.8) is 0 Å². The molecular formula is C18H20N2O2. The van der Waals surface area contributed by atoms with Gasteiger partial charge in [0.2, 0.25) is 0 Å². The van der Waals surface area contributed by atoms with Crippen LogP contribution >= 0.6 is 0 Å². The quantitative estimate of drug-likeness (QED) is 0.886. The van der Waals surface area contributed by atoms with Gasteiger partial charge >= 0.3 is 0 Å². The topological polar surface area (TPSA) is 55.6 Å². The van der Waals surface area contributed by atoms with Crippen LogP contribution in [0.15, 0.2) is 42.5 Å². The van der Waals surface area contributed by atoms with E-state index in [1.54, 1.807) is 12.1 Å². The minimum absolute atomic E-state index is 0.00152. The van der Waals surface area contributed by atoms with Crippen molar-refractivity contribution >= 4 is 17.3 Å². The summed E-state index contributed by atoms with van der Waals surface area (Å²) in [5, 5.41) is 0. The molecule has 0 unspecified atom stereocenters. The van der Waals surface area contributed by atoms with Crippen LogP contribution in [-0.4, -0.2) is 19.1 Å². The van der Waals surface area contributed by atoms with Gasteiger partial charge in [-0.05, 0) is 43.5 Å². The summed E-state index contributed by atoms with van der Waals surface area (Å²) < 4.78 is 5.57. The summed E-state index contributed by atoms with van der Waals surface area (Å²) in [4.78, 5) is 14.3. The van der Waals surface area contributed by atoms with Gasteiger partial charge in [-0.15, -0.1) is 0 Å². The van der Waals surface area contributed by atoms with E-state index in [0.29, 0.717) is 11.4 Å². The lowest BCUT2D eigenvalue weighted by atomic mass is 9.99. The minimum atomic E-state index is -0.0342. The molecule has 0 fully saturated rings. The van der Waals surface area contributed by atoms with Gasteiger partial charge in [0, 0.05) is 12.2 Å². The molecule has 0 aliphatic carbocycles. The smallest absolute Gasteiger partial charge is 0.264 e. The van der Waals surface area contributed by atoms with Gasteiger partial charge in [0.15, 0.2) is 6.61 Å². The normalized spacial score (nSPS) is 13.6. The minimum Gasteiger partial charge on any atom is -0.482 e. The molecule has 2 N–H and O–H groups in total. The van der Waals surface area contributed by atoms with E-state index in [2.05, 4.69) is 13.0 Å². The number of carbonyl (C=O) groups excluding carboxylic acids is 1. The second-order valence-electron chi connectivity index (χ2n) is 5.61. The van der Waals surface area contributed by atoms with E-state index >= 15 is 0 Å². The van der Waals surface area contributed by atoms with Crippen LogP contribution in [0.5, 0.6) is 5.75 Å². The van der Waals surface area contributed by atoms with E-state index in [1.807, 2.05) is 29.2 Å². The van der Waals surface area contributed by atoms with Gasteiger partial charge in [0.25, 0.3) is 5.91 Å². The highest BCUT2D eigenvalue weighted by atomic mass is 16.5. The Kier molecular flexibility index (Phi) is 4.00. The van der Waals surface area contributed by atoms with Crippen LogP contribution in [0.1, 0.15) is 17.5 Å². The number of nitrogen functional groups attached to an aromatic ring is 1. The van der Waals surface area contributed by atoms with E-state index in [1.165, 1.54) is 11.1 Å².